The standard InChI is InChI=1S/C8H6F3NO2/c1-14-8-4(3-13)6(7(10)11)5(9)2-12-8/h2-3,7H,1H3. The molecule has 0 aliphatic carbocycles. The van der Waals surface area contributed by atoms with Gasteiger partial charge in [-0.15, -0.1) is 0 Å². The Morgan fingerprint density at radius 1 is 1.57 bits per heavy atom. The summed E-state index contributed by atoms with van der Waals surface area (Å²) >= 11 is 0. The minimum absolute atomic E-state index is 0.0937. The number of rotatable bonds is 3. The Kier molecular flexibility index (Phi) is 3.06. The van der Waals surface area contributed by atoms with Crippen LogP contribution in [0.3, 0.4) is 0 Å². The lowest BCUT2D eigenvalue weighted by Gasteiger charge is -2.07. The van der Waals surface area contributed by atoms with E-state index in [0.29, 0.717) is 6.20 Å². The molecule has 0 fully saturated rings. The van der Waals surface area contributed by atoms with Gasteiger partial charge in [0.25, 0.3) is 6.43 Å². The minimum Gasteiger partial charge on any atom is -0.480 e. The number of hydrogen-bond acceptors (Lipinski definition) is 3. The van der Waals surface area contributed by atoms with E-state index in [2.05, 4.69) is 9.72 Å². The molecule has 0 aromatic carbocycles. The zero-order valence-corrected chi connectivity index (χ0v) is 7.13. The van der Waals surface area contributed by atoms with Crippen LogP contribution in [0.25, 0.3) is 0 Å². The van der Waals surface area contributed by atoms with Crippen molar-refractivity contribution in [1.29, 1.82) is 0 Å². The normalized spacial score (nSPS) is 10.4. The van der Waals surface area contributed by atoms with Crippen molar-refractivity contribution in [3.8, 4) is 5.88 Å². The van der Waals surface area contributed by atoms with Crippen LogP contribution in [-0.4, -0.2) is 18.4 Å². The Bertz CT molecular complexity index is 355. The van der Waals surface area contributed by atoms with Crippen LogP contribution in [0.2, 0.25) is 0 Å². The van der Waals surface area contributed by atoms with Crippen molar-refractivity contribution in [3.63, 3.8) is 0 Å². The quantitative estimate of drug-likeness (QED) is 0.708. The maximum Gasteiger partial charge on any atom is 0.267 e. The highest BCUT2D eigenvalue weighted by molar-refractivity contribution is 5.80. The fourth-order valence-electron chi connectivity index (χ4n) is 0.997. The fourth-order valence-corrected chi connectivity index (χ4v) is 0.997. The van der Waals surface area contributed by atoms with Gasteiger partial charge in [-0.2, -0.15) is 0 Å². The summed E-state index contributed by atoms with van der Waals surface area (Å²) in [6.45, 7) is 0. The smallest absolute Gasteiger partial charge is 0.267 e. The highest BCUT2D eigenvalue weighted by Crippen LogP contribution is 2.28. The van der Waals surface area contributed by atoms with Crippen LogP contribution in [0.1, 0.15) is 22.3 Å². The van der Waals surface area contributed by atoms with Gasteiger partial charge in [0.2, 0.25) is 5.88 Å². The van der Waals surface area contributed by atoms with Crippen molar-refractivity contribution in [1.82, 2.24) is 4.98 Å². The summed E-state index contributed by atoms with van der Waals surface area (Å²) in [6.07, 6.45) is -2.39. The molecule has 6 heteroatoms. The van der Waals surface area contributed by atoms with Crippen molar-refractivity contribution >= 4 is 6.29 Å². The largest absolute Gasteiger partial charge is 0.480 e. The molecule has 0 spiro atoms. The van der Waals surface area contributed by atoms with Crippen molar-refractivity contribution in [2.45, 2.75) is 6.43 Å². The first-order chi connectivity index (χ1) is 6.61. The van der Waals surface area contributed by atoms with Crippen LogP contribution >= 0.6 is 0 Å². The average Bonchev–Trinajstić information content (AvgIpc) is 2.16. The van der Waals surface area contributed by atoms with Gasteiger partial charge in [0.05, 0.1) is 24.4 Å². The summed E-state index contributed by atoms with van der Waals surface area (Å²) in [5.41, 5.74) is -1.53. The highest BCUT2D eigenvalue weighted by Gasteiger charge is 2.22. The predicted octanol–water partition coefficient (Wildman–Crippen LogP) is 1.98. The molecule has 0 saturated carbocycles. The highest BCUT2D eigenvalue weighted by atomic mass is 19.3. The molecule has 14 heavy (non-hydrogen) atoms. The molecule has 1 aromatic rings. The Hall–Kier alpha value is -1.59. The van der Waals surface area contributed by atoms with Crippen molar-refractivity contribution < 1.29 is 22.7 Å². The summed E-state index contributed by atoms with van der Waals surface area (Å²) in [6, 6.07) is 0. The summed E-state index contributed by atoms with van der Waals surface area (Å²) in [7, 11) is 1.16. The van der Waals surface area contributed by atoms with Gasteiger partial charge in [0.15, 0.2) is 12.1 Å². The zero-order valence-electron chi connectivity index (χ0n) is 7.13. The monoisotopic (exact) mass is 205 g/mol. The number of carbonyl (C=O) groups is 1. The van der Waals surface area contributed by atoms with Crippen LogP contribution in [0.15, 0.2) is 6.20 Å². The van der Waals surface area contributed by atoms with E-state index in [-0.39, 0.29) is 12.2 Å². The number of carbonyl (C=O) groups excluding carboxylic acids is 1. The molecule has 1 rings (SSSR count). The molecular weight excluding hydrogens is 199 g/mol. The number of pyridine rings is 1. The van der Waals surface area contributed by atoms with Gasteiger partial charge in [-0.1, -0.05) is 0 Å². The Morgan fingerprint density at radius 2 is 2.21 bits per heavy atom. The average molecular weight is 205 g/mol. The van der Waals surface area contributed by atoms with Crippen molar-refractivity contribution in [3.05, 3.63) is 23.1 Å². The van der Waals surface area contributed by atoms with E-state index in [1.807, 2.05) is 0 Å². The topological polar surface area (TPSA) is 39.2 Å². The lowest BCUT2D eigenvalue weighted by Crippen LogP contribution is -2.03. The Labute approximate surface area is 77.5 Å². The second-order valence-electron chi connectivity index (χ2n) is 2.36. The van der Waals surface area contributed by atoms with Crippen molar-refractivity contribution in [2.75, 3.05) is 7.11 Å². The van der Waals surface area contributed by atoms with Gasteiger partial charge in [0.1, 0.15) is 0 Å². The number of nitrogens with zero attached hydrogens (tertiary/aromatic N) is 1. The molecule has 0 amide bonds. The molecule has 0 atom stereocenters. The second-order valence-corrected chi connectivity index (χ2v) is 2.36. The molecule has 1 aromatic heterocycles. The third-order valence-corrected chi connectivity index (χ3v) is 1.60. The van der Waals surface area contributed by atoms with E-state index in [4.69, 9.17) is 0 Å². The molecular formula is C8H6F3NO2. The van der Waals surface area contributed by atoms with Crippen LogP contribution in [0.4, 0.5) is 13.2 Å². The molecule has 0 N–H and O–H groups in total. The number of halogens is 3. The molecule has 1 heterocycles. The maximum absolute atomic E-state index is 12.8. The number of methoxy groups -OCH3 is 1. The lowest BCUT2D eigenvalue weighted by atomic mass is 10.1. The molecule has 0 unspecified atom stereocenters. The van der Waals surface area contributed by atoms with Crippen LogP contribution < -0.4 is 4.74 Å². The predicted molar refractivity (Wildman–Crippen MR) is 41.1 cm³/mol. The van der Waals surface area contributed by atoms with E-state index in [1.165, 1.54) is 0 Å². The molecule has 0 saturated heterocycles. The molecule has 0 radical (unpaired) electrons. The van der Waals surface area contributed by atoms with E-state index < -0.39 is 23.4 Å². The third-order valence-electron chi connectivity index (χ3n) is 1.60. The summed E-state index contributed by atoms with van der Waals surface area (Å²) in [5.74, 6) is -1.53. The number of ether oxygens (including phenoxy) is 1. The summed E-state index contributed by atoms with van der Waals surface area (Å²) in [4.78, 5) is 13.8. The molecule has 76 valence electrons. The van der Waals surface area contributed by atoms with Gasteiger partial charge in [-0.05, 0) is 0 Å². The maximum atomic E-state index is 12.8. The summed E-state index contributed by atoms with van der Waals surface area (Å²) < 4.78 is 42.0. The minimum atomic E-state index is -3.08. The SMILES string of the molecule is COc1ncc(F)c(C(F)F)c1C=O. The Balaban J connectivity index is 3.42. The van der Waals surface area contributed by atoms with Gasteiger partial charge in [-0.3, -0.25) is 4.79 Å². The molecule has 0 aliphatic rings. The zero-order chi connectivity index (χ0) is 10.7. The molecule has 3 nitrogen and oxygen atoms in total. The number of hydrogen-bond donors (Lipinski definition) is 0. The van der Waals surface area contributed by atoms with E-state index in [1.54, 1.807) is 0 Å². The van der Waals surface area contributed by atoms with Crippen LogP contribution in [0, 0.1) is 5.82 Å². The summed E-state index contributed by atoms with van der Waals surface area (Å²) in [5, 5.41) is 0. The number of alkyl halides is 2. The lowest BCUT2D eigenvalue weighted by molar-refractivity contribution is 0.109. The first kappa shape index (κ1) is 10.5. The third kappa shape index (κ3) is 1.68. The molecule has 0 bridgehead atoms. The first-order valence-corrected chi connectivity index (χ1v) is 3.57. The van der Waals surface area contributed by atoms with E-state index in [9.17, 15) is 18.0 Å². The van der Waals surface area contributed by atoms with Crippen LogP contribution in [0.5, 0.6) is 5.88 Å². The van der Waals surface area contributed by atoms with Crippen LogP contribution in [-0.2, 0) is 0 Å². The van der Waals surface area contributed by atoms with E-state index >= 15 is 0 Å². The molecule has 0 aliphatic heterocycles. The van der Waals surface area contributed by atoms with Gasteiger partial charge >= 0.3 is 0 Å². The van der Waals surface area contributed by atoms with E-state index in [0.717, 1.165) is 7.11 Å². The van der Waals surface area contributed by atoms with Gasteiger partial charge in [0, 0.05) is 0 Å². The first-order valence-electron chi connectivity index (χ1n) is 3.57. The van der Waals surface area contributed by atoms with Gasteiger partial charge < -0.3 is 4.74 Å². The van der Waals surface area contributed by atoms with Gasteiger partial charge in [-0.25, -0.2) is 18.2 Å². The number of aromatic nitrogens is 1. The second kappa shape index (κ2) is 4.08. The Morgan fingerprint density at radius 3 is 2.64 bits per heavy atom. The number of aldehydes is 1. The fraction of sp³-hybridized carbons (Fsp3) is 0.250. The van der Waals surface area contributed by atoms with Crippen molar-refractivity contribution in [2.24, 2.45) is 0 Å².